The molecule has 3 aliphatic rings. The van der Waals surface area contributed by atoms with Crippen molar-refractivity contribution in [2.45, 2.75) is 13.1 Å². The van der Waals surface area contributed by atoms with Crippen LogP contribution in [-0.2, 0) is 13.1 Å². The lowest BCUT2D eigenvalue weighted by atomic mass is 10.0. The second-order valence-electron chi connectivity index (χ2n) is 8.04. The Morgan fingerprint density at radius 3 is 2.76 bits per heavy atom. The van der Waals surface area contributed by atoms with Gasteiger partial charge in [0.25, 0.3) is 0 Å². The third kappa shape index (κ3) is 3.47. The lowest BCUT2D eigenvalue weighted by Gasteiger charge is -2.30. The van der Waals surface area contributed by atoms with Crippen molar-refractivity contribution in [2.75, 3.05) is 20.6 Å². The number of ether oxygens (including phenoxy) is 5. The zero-order chi connectivity index (χ0) is 22.4. The van der Waals surface area contributed by atoms with Crippen molar-refractivity contribution in [3.05, 3.63) is 82.6 Å². The standard InChI is InChI=1S/C26H21NO6/c1-29-20-5-3-2-4-17(20)12-27-13-19-21(30-14-27)9-7-18-25(28)24(33-26(18)19)11-16-6-8-22-23(10-16)32-15-31-22/h2-11H,12-15H2,1H3/b24-11-. The molecule has 6 rings (SSSR count). The summed E-state index contributed by atoms with van der Waals surface area (Å²) in [5, 5.41) is 0. The van der Waals surface area contributed by atoms with Gasteiger partial charge in [-0.15, -0.1) is 0 Å². The lowest BCUT2D eigenvalue weighted by molar-refractivity contribution is 0.0865. The Bertz CT molecular complexity index is 1300. The fourth-order valence-electron chi connectivity index (χ4n) is 4.33. The molecule has 7 nitrogen and oxygen atoms in total. The molecule has 0 fully saturated rings. The number of allylic oxidation sites excluding steroid dienone is 1. The van der Waals surface area contributed by atoms with Crippen molar-refractivity contribution in [3.8, 4) is 28.7 Å². The van der Waals surface area contributed by atoms with E-state index in [1.807, 2.05) is 48.5 Å². The molecule has 0 saturated carbocycles. The zero-order valence-electron chi connectivity index (χ0n) is 18.0. The van der Waals surface area contributed by atoms with Crippen molar-refractivity contribution >= 4 is 11.9 Å². The molecule has 0 bridgehead atoms. The van der Waals surface area contributed by atoms with E-state index in [1.165, 1.54) is 0 Å². The maximum atomic E-state index is 13.1. The second kappa shape index (κ2) is 7.86. The number of Topliss-reactive ketones (excluding diaryl/α,β-unsaturated/α-hetero) is 1. The van der Waals surface area contributed by atoms with Crippen LogP contribution in [0.1, 0.15) is 27.0 Å². The number of carbonyl (C=O) groups is 1. The number of hydrogen-bond acceptors (Lipinski definition) is 7. The number of ketones is 1. The largest absolute Gasteiger partial charge is 0.496 e. The highest BCUT2D eigenvalue weighted by molar-refractivity contribution is 6.15. The van der Waals surface area contributed by atoms with E-state index in [4.69, 9.17) is 23.7 Å². The number of para-hydroxylation sites is 1. The van der Waals surface area contributed by atoms with Crippen LogP contribution in [0.3, 0.4) is 0 Å². The molecule has 0 aliphatic carbocycles. The monoisotopic (exact) mass is 443 g/mol. The van der Waals surface area contributed by atoms with Crippen molar-refractivity contribution in [1.82, 2.24) is 4.90 Å². The van der Waals surface area contributed by atoms with Crippen molar-refractivity contribution < 1.29 is 28.5 Å². The molecule has 3 aliphatic heterocycles. The van der Waals surface area contributed by atoms with Gasteiger partial charge in [0.15, 0.2) is 17.3 Å². The van der Waals surface area contributed by atoms with E-state index < -0.39 is 0 Å². The Balaban J connectivity index is 1.28. The van der Waals surface area contributed by atoms with Gasteiger partial charge in [0.2, 0.25) is 12.6 Å². The van der Waals surface area contributed by atoms with Gasteiger partial charge < -0.3 is 23.7 Å². The fraction of sp³-hybridized carbons (Fsp3) is 0.192. The Hall–Kier alpha value is -3.97. The van der Waals surface area contributed by atoms with Gasteiger partial charge in [-0.05, 0) is 42.0 Å². The smallest absolute Gasteiger partial charge is 0.231 e. The summed E-state index contributed by atoms with van der Waals surface area (Å²) in [5.74, 6) is 3.62. The first-order valence-corrected chi connectivity index (χ1v) is 10.7. The van der Waals surface area contributed by atoms with Crippen LogP contribution in [0, 0.1) is 0 Å². The van der Waals surface area contributed by atoms with Gasteiger partial charge in [-0.25, -0.2) is 0 Å². The van der Waals surface area contributed by atoms with Gasteiger partial charge in [-0.3, -0.25) is 9.69 Å². The van der Waals surface area contributed by atoms with Crippen LogP contribution in [-0.4, -0.2) is 31.3 Å². The van der Waals surface area contributed by atoms with Crippen molar-refractivity contribution in [2.24, 2.45) is 0 Å². The molecule has 0 unspecified atom stereocenters. The molecule has 0 spiro atoms. The number of hydrogen-bond donors (Lipinski definition) is 0. The molecule has 3 heterocycles. The first-order valence-electron chi connectivity index (χ1n) is 10.7. The SMILES string of the molecule is COc1ccccc1CN1COc2ccc3c(c2C1)O/C(=C\c1ccc2c(c1)OCO2)C3=O. The van der Waals surface area contributed by atoms with Crippen LogP contribution in [0.5, 0.6) is 28.7 Å². The molecule has 166 valence electrons. The molecule has 0 N–H and O–H groups in total. The van der Waals surface area contributed by atoms with Gasteiger partial charge in [0.05, 0.1) is 18.2 Å². The van der Waals surface area contributed by atoms with Crippen LogP contribution in [0.2, 0.25) is 0 Å². The predicted octanol–water partition coefficient (Wildman–Crippen LogP) is 4.39. The molecule has 0 aromatic heterocycles. The minimum absolute atomic E-state index is 0.146. The van der Waals surface area contributed by atoms with Crippen LogP contribution in [0.25, 0.3) is 6.08 Å². The van der Waals surface area contributed by atoms with Crippen molar-refractivity contribution in [3.63, 3.8) is 0 Å². The number of methoxy groups -OCH3 is 1. The molecule has 0 atom stereocenters. The van der Waals surface area contributed by atoms with E-state index in [0.717, 1.165) is 28.2 Å². The van der Waals surface area contributed by atoms with E-state index in [1.54, 1.807) is 19.3 Å². The second-order valence-corrected chi connectivity index (χ2v) is 8.04. The number of rotatable bonds is 4. The molecule has 33 heavy (non-hydrogen) atoms. The van der Waals surface area contributed by atoms with E-state index >= 15 is 0 Å². The van der Waals surface area contributed by atoms with Crippen molar-refractivity contribution in [1.29, 1.82) is 0 Å². The van der Waals surface area contributed by atoms with Crippen LogP contribution < -0.4 is 23.7 Å². The summed E-state index contributed by atoms with van der Waals surface area (Å²) >= 11 is 0. The normalized spacial score (nSPS) is 17.4. The third-order valence-electron chi connectivity index (χ3n) is 5.96. The average molecular weight is 443 g/mol. The number of nitrogens with zero attached hydrogens (tertiary/aromatic N) is 1. The Morgan fingerprint density at radius 2 is 1.85 bits per heavy atom. The summed E-state index contributed by atoms with van der Waals surface area (Å²) in [6.07, 6.45) is 1.73. The molecule has 0 amide bonds. The van der Waals surface area contributed by atoms with Gasteiger partial charge in [0.1, 0.15) is 24.0 Å². The molecular weight excluding hydrogens is 422 g/mol. The maximum Gasteiger partial charge on any atom is 0.231 e. The summed E-state index contributed by atoms with van der Waals surface area (Å²) in [6.45, 7) is 1.90. The van der Waals surface area contributed by atoms with Gasteiger partial charge in [-0.1, -0.05) is 24.3 Å². The topological polar surface area (TPSA) is 66.5 Å². The number of fused-ring (bicyclic) bond motifs is 4. The Labute approximate surface area is 190 Å². The van der Waals surface area contributed by atoms with E-state index in [2.05, 4.69) is 4.90 Å². The molecule has 7 heteroatoms. The quantitative estimate of drug-likeness (QED) is 0.554. The van der Waals surface area contributed by atoms with Crippen LogP contribution in [0.4, 0.5) is 0 Å². The number of benzene rings is 3. The van der Waals surface area contributed by atoms with Crippen LogP contribution in [0.15, 0.2) is 60.4 Å². The van der Waals surface area contributed by atoms with E-state index in [9.17, 15) is 4.79 Å². The first kappa shape index (κ1) is 19.7. The first-order chi connectivity index (χ1) is 16.2. The Morgan fingerprint density at radius 1 is 1.00 bits per heavy atom. The number of carbonyl (C=O) groups excluding carboxylic acids is 1. The molecule has 0 saturated heterocycles. The Kier molecular flexibility index (Phi) is 4.69. The lowest BCUT2D eigenvalue weighted by Crippen LogP contribution is -2.31. The molecular formula is C26H21NO6. The highest BCUT2D eigenvalue weighted by Crippen LogP contribution is 2.43. The molecule has 0 radical (unpaired) electrons. The summed E-state index contributed by atoms with van der Waals surface area (Å²) in [5.41, 5.74) is 3.29. The fourth-order valence-corrected chi connectivity index (χ4v) is 4.33. The van der Waals surface area contributed by atoms with Gasteiger partial charge in [0, 0.05) is 18.7 Å². The third-order valence-corrected chi connectivity index (χ3v) is 5.96. The predicted molar refractivity (Wildman–Crippen MR) is 120 cm³/mol. The summed E-state index contributed by atoms with van der Waals surface area (Å²) in [6, 6.07) is 17.1. The van der Waals surface area contributed by atoms with E-state index in [0.29, 0.717) is 42.6 Å². The summed E-state index contributed by atoms with van der Waals surface area (Å²) in [4.78, 5) is 15.2. The van der Waals surface area contributed by atoms with Crippen LogP contribution >= 0.6 is 0 Å². The highest BCUT2D eigenvalue weighted by Gasteiger charge is 2.34. The molecule has 3 aromatic rings. The zero-order valence-corrected chi connectivity index (χ0v) is 18.0. The maximum absolute atomic E-state index is 13.1. The molecule has 3 aromatic carbocycles. The van der Waals surface area contributed by atoms with Gasteiger partial charge in [-0.2, -0.15) is 0 Å². The summed E-state index contributed by atoms with van der Waals surface area (Å²) < 4.78 is 28.4. The average Bonchev–Trinajstić information content (AvgIpc) is 3.44. The van der Waals surface area contributed by atoms with E-state index in [-0.39, 0.29) is 18.3 Å². The minimum Gasteiger partial charge on any atom is -0.496 e. The highest BCUT2D eigenvalue weighted by atomic mass is 16.7. The summed E-state index contributed by atoms with van der Waals surface area (Å²) in [7, 11) is 1.67. The minimum atomic E-state index is -0.146. The van der Waals surface area contributed by atoms with Gasteiger partial charge >= 0.3 is 0 Å².